The van der Waals surface area contributed by atoms with Crippen LogP contribution in [0, 0.1) is 0 Å². The third-order valence-corrected chi connectivity index (χ3v) is 17.7. The average Bonchev–Trinajstić information content (AvgIpc) is 3.86. The van der Waals surface area contributed by atoms with Crippen molar-refractivity contribution in [2.45, 2.75) is 0 Å². The van der Waals surface area contributed by atoms with Gasteiger partial charge in [0.1, 0.15) is 10.0 Å². The molecule has 0 amide bonds. The summed E-state index contributed by atoms with van der Waals surface area (Å²) in [5, 5.41) is 5.05. The lowest BCUT2D eigenvalue weighted by Gasteiger charge is -2.35. The molecule has 0 aliphatic carbocycles. The fourth-order valence-electron chi connectivity index (χ4n) is 6.61. The van der Waals surface area contributed by atoms with Gasteiger partial charge < -0.3 is 11.1 Å². The molecule has 2 heterocycles. The van der Waals surface area contributed by atoms with Crippen LogP contribution in [0.5, 0.6) is 11.5 Å². The molecule has 0 N–H and O–H groups in total. The summed E-state index contributed by atoms with van der Waals surface area (Å²) in [6.45, 7) is 0. The molecule has 9 aromatic rings. The predicted molar refractivity (Wildman–Crippen MR) is 222 cm³/mol. The van der Waals surface area contributed by atoms with Crippen molar-refractivity contribution in [2.24, 2.45) is 0 Å². The second-order valence-corrected chi connectivity index (χ2v) is 19.5. The van der Waals surface area contributed by atoms with Gasteiger partial charge >= 0.3 is 15.1 Å². The Hall–Kier alpha value is -5.37. The van der Waals surface area contributed by atoms with Crippen LogP contribution >= 0.6 is 22.7 Å². The number of rotatable bonds is 11. The van der Waals surface area contributed by atoms with E-state index < -0.39 is 23.5 Å². The van der Waals surface area contributed by atoms with E-state index in [0.29, 0.717) is 11.5 Å². The Morgan fingerprint density at radius 2 is 0.755 bits per heavy atom. The molecule has 7 aromatic carbocycles. The summed E-state index contributed by atoms with van der Waals surface area (Å²) in [7, 11) is -3.26. The van der Waals surface area contributed by atoms with Gasteiger partial charge in [0, 0.05) is 11.1 Å². The molecule has 0 fully saturated rings. The lowest BCUT2D eigenvalue weighted by molar-refractivity contribution is 0.310. The Balaban J connectivity index is 1.21. The summed E-state index contributed by atoms with van der Waals surface area (Å²) in [4.78, 5) is 10.0. The molecule has 0 radical (unpaired) electrons. The third-order valence-electron chi connectivity index (χ3n) is 9.08. The molecule has 254 valence electrons. The van der Waals surface area contributed by atoms with E-state index in [9.17, 15) is 0 Å². The summed E-state index contributed by atoms with van der Waals surface area (Å²) in [5.74, 6) is 1.33. The largest absolute Gasteiger partial charge is 1.09 e. The van der Waals surface area contributed by atoms with E-state index in [2.05, 4.69) is 97.1 Å². The quantitative estimate of drug-likeness (QED) is 0.0974. The van der Waals surface area contributed by atoms with Gasteiger partial charge in [-0.1, -0.05) is 140 Å². The average molecular weight is 755 g/mol. The molecular formula is C44H31AlN2O3S2Si. The number of para-hydroxylation sites is 4. The van der Waals surface area contributed by atoms with Crippen LogP contribution in [0.4, 0.5) is 0 Å². The van der Waals surface area contributed by atoms with Crippen molar-refractivity contribution in [3.8, 4) is 32.6 Å². The van der Waals surface area contributed by atoms with Crippen LogP contribution in [0.2, 0.25) is 0 Å². The minimum absolute atomic E-state index is 0.665. The Morgan fingerprint density at radius 1 is 0.396 bits per heavy atom. The zero-order valence-electron chi connectivity index (χ0n) is 28.4. The lowest BCUT2D eigenvalue weighted by atomic mass is 10.2. The van der Waals surface area contributed by atoms with Crippen molar-refractivity contribution in [2.75, 3.05) is 0 Å². The summed E-state index contributed by atoms with van der Waals surface area (Å²) in [6, 6.07) is 64.1. The molecule has 0 atom stereocenters. The molecule has 0 spiro atoms. The van der Waals surface area contributed by atoms with Gasteiger partial charge in [-0.2, -0.15) is 0 Å². The van der Waals surface area contributed by atoms with Crippen LogP contribution < -0.4 is 23.1 Å². The van der Waals surface area contributed by atoms with E-state index in [0.717, 1.165) is 57.1 Å². The van der Waals surface area contributed by atoms with E-state index >= 15 is 0 Å². The molecular weight excluding hydrogens is 724 g/mol. The van der Waals surface area contributed by atoms with Crippen molar-refractivity contribution in [1.82, 2.24) is 9.97 Å². The Bertz CT molecular complexity index is 2360. The molecule has 5 nitrogen and oxygen atoms in total. The molecule has 0 bridgehead atoms. The number of aromatic nitrogens is 2. The molecule has 0 aliphatic heterocycles. The predicted octanol–water partition coefficient (Wildman–Crippen LogP) is 9.37. The van der Waals surface area contributed by atoms with E-state index in [1.54, 1.807) is 22.7 Å². The van der Waals surface area contributed by atoms with Gasteiger partial charge in [0.15, 0.2) is 0 Å². The van der Waals surface area contributed by atoms with E-state index in [-0.39, 0.29) is 0 Å². The maximum Gasteiger partial charge on any atom is 1.09 e. The van der Waals surface area contributed by atoms with E-state index in [1.807, 2.05) is 91.0 Å². The van der Waals surface area contributed by atoms with Crippen molar-refractivity contribution < 1.29 is 11.1 Å². The van der Waals surface area contributed by atoms with Crippen molar-refractivity contribution in [3.05, 3.63) is 188 Å². The molecule has 9 heteroatoms. The van der Waals surface area contributed by atoms with Crippen LogP contribution in [0.3, 0.4) is 0 Å². The maximum atomic E-state index is 7.70. The molecule has 2 aromatic heterocycles. The maximum absolute atomic E-state index is 7.70. The number of hydrogen-bond acceptors (Lipinski definition) is 7. The number of thiazole rings is 2. The van der Waals surface area contributed by atoms with Gasteiger partial charge in [-0.15, -0.1) is 22.7 Å². The van der Waals surface area contributed by atoms with Crippen molar-refractivity contribution >= 4 is 82.1 Å². The number of nitrogens with zero attached hydrogens (tertiary/aromatic N) is 2. The normalized spacial score (nSPS) is 11.5. The van der Waals surface area contributed by atoms with Gasteiger partial charge in [-0.25, -0.2) is 9.97 Å². The van der Waals surface area contributed by atoms with Crippen LogP contribution in [-0.2, 0) is 3.48 Å². The van der Waals surface area contributed by atoms with Crippen LogP contribution in [0.25, 0.3) is 41.6 Å². The lowest BCUT2D eigenvalue weighted by Crippen LogP contribution is -2.72. The summed E-state index contributed by atoms with van der Waals surface area (Å²) >= 11 is 0.110. The van der Waals surface area contributed by atoms with Crippen molar-refractivity contribution in [1.29, 1.82) is 0 Å². The van der Waals surface area contributed by atoms with Crippen LogP contribution in [0.15, 0.2) is 188 Å². The monoisotopic (exact) mass is 754 g/mol. The summed E-state index contributed by atoms with van der Waals surface area (Å²) < 4.78 is 24.2. The first-order valence-corrected chi connectivity index (χ1v) is 22.3. The van der Waals surface area contributed by atoms with Gasteiger partial charge in [0.25, 0.3) is 8.32 Å². The highest BCUT2D eigenvalue weighted by Gasteiger charge is 2.53. The number of hydrogen-bond donors (Lipinski definition) is 0. The molecule has 0 aliphatic rings. The molecule has 0 saturated heterocycles. The Morgan fingerprint density at radius 3 is 1.17 bits per heavy atom. The second kappa shape index (κ2) is 14.9. The zero-order chi connectivity index (χ0) is 35.5. The first kappa shape index (κ1) is 33.5. The van der Waals surface area contributed by atoms with E-state index in [4.69, 9.17) is 21.0 Å². The highest BCUT2D eigenvalue weighted by Crippen LogP contribution is 2.38. The first-order chi connectivity index (χ1) is 26.2. The smallest absolute Gasteiger partial charge is 0.588 e. The topological polar surface area (TPSA) is 53.5 Å². The highest BCUT2D eigenvalue weighted by molar-refractivity contribution is 7.22. The Labute approximate surface area is 321 Å². The van der Waals surface area contributed by atoms with E-state index in [1.165, 1.54) is 0 Å². The number of fused-ring (bicyclic) bond motifs is 2. The standard InChI is InChI=1S/C18H15OSi.2C13H9NOS.Al/c19-20(16-10-4-1-5-11-16,17-12-6-2-7-13-17)18-14-8-3-9-15-18;2*15-11-7-3-1-5-9(11)13-14-10-6-2-4-8-12(10)16-13;/h1-15H;2*1-8,15H;/q-1;;;+3/p-2. The van der Waals surface area contributed by atoms with Gasteiger partial charge in [0.2, 0.25) is 0 Å². The molecule has 53 heavy (non-hydrogen) atoms. The van der Waals surface area contributed by atoms with Crippen LogP contribution in [0.1, 0.15) is 0 Å². The minimum atomic E-state index is -3.26. The van der Waals surface area contributed by atoms with Gasteiger partial charge in [0.05, 0.1) is 31.9 Å². The first-order valence-electron chi connectivity index (χ1n) is 17.3. The third kappa shape index (κ3) is 6.71. The fraction of sp³-hybridized carbons (Fsp3) is 0. The van der Waals surface area contributed by atoms with Gasteiger partial charge in [-0.3, -0.25) is 0 Å². The van der Waals surface area contributed by atoms with Crippen molar-refractivity contribution in [3.63, 3.8) is 0 Å². The molecule has 0 saturated carbocycles. The SMILES string of the molecule is c1ccc([Si]([O][Al]([O]c2ccccc2-c2nc3ccccc3s2)[O]c2ccccc2-c2nc3ccccc3s2)(c2ccccc2)c2ccccc2)cc1. The van der Waals surface area contributed by atoms with Gasteiger partial charge in [-0.05, 0) is 64.1 Å². The number of benzene rings is 7. The fourth-order valence-corrected chi connectivity index (χ4v) is 15.6. The summed E-state index contributed by atoms with van der Waals surface area (Å²) in [5.41, 5.74) is 3.70. The molecule has 0 unspecified atom stereocenters. The second-order valence-electron chi connectivity index (χ2n) is 12.4. The molecule has 9 rings (SSSR count). The Kier molecular flexibility index (Phi) is 9.43. The zero-order valence-corrected chi connectivity index (χ0v) is 32.2. The minimum Gasteiger partial charge on any atom is -0.588 e. The van der Waals surface area contributed by atoms with Crippen LogP contribution in [-0.4, -0.2) is 33.4 Å². The highest BCUT2D eigenvalue weighted by atomic mass is 32.1. The summed E-state index contributed by atoms with van der Waals surface area (Å²) in [6.07, 6.45) is 0.